The van der Waals surface area contributed by atoms with Crippen LogP contribution in [0.3, 0.4) is 0 Å². The summed E-state index contributed by atoms with van der Waals surface area (Å²) >= 11 is 0. The molecule has 7 nitrogen and oxygen atoms in total. The lowest BCUT2D eigenvalue weighted by atomic mass is 9.94. The van der Waals surface area contributed by atoms with E-state index >= 15 is 0 Å². The molecule has 1 aliphatic carbocycles. The zero-order valence-electron chi connectivity index (χ0n) is 11.8. The molecule has 2 heterocycles. The zero-order chi connectivity index (χ0) is 14.3. The van der Waals surface area contributed by atoms with Crippen molar-refractivity contribution in [2.45, 2.75) is 38.3 Å². The van der Waals surface area contributed by atoms with E-state index in [1.54, 1.807) is 22.8 Å². The van der Waals surface area contributed by atoms with E-state index in [1.165, 1.54) is 0 Å². The summed E-state index contributed by atoms with van der Waals surface area (Å²) in [6.45, 7) is 2.69. The first-order valence-electron chi connectivity index (χ1n) is 6.94. The Morgan fingerprint density at radius 3 is 2.80 bits per heavy atom. The maximum atomic E-state index is 12.8. The summed E-state index contributed by atoms with van der Waals surface area (Å²) in [6, 6.07) is 0. The average Bonchev–Trinajstić information content (AvgIpc) is 3.18. The van der Waals surface area contributed by atoms with Gasteiger partial charge in [0.1, 0.15) is 11.2 Å². The highest BCUT2D eigenvalue weighted by molar-refractivity contribution is 5.93. The van der Waals surface area contributed by atoms with E-state index in [-0.39, 0.29) is 17.7 Å². The van der Waals surface area contributed by atoms with Crippen molar-refractivity contribution >= 4 is 11.8 Å². The summed E-state index contributed by atoms with van der Waals surface area (Å²) < 4.78 is 1.61. The first-order chi connectivity index (χ1) is 9.49. The van der Waals surface area contributed by atoms with E-state index in [4.69, 9.17) is 0 Å². The highest BCUT2D eigenvalue weighted by Gasteiger charge is 2.51. The van der Waals surface area contributed by atoms with Crippen LogP contribution < -0.4 is 5.32 Å². The van der Waals surface area contributed by atoms with Gasteiger partial charge in [-0.1, -0.05) is 5.21 Å². The standard InChI is InChI=1S/C13H19N5O2/c1-13(9-3-4-9)12(20)18(6-5-11(19)14-13)8-10-7-17(2)16-15-10/h7,9H,3-6,8H2,1-2H3,(H,14,19). The van der Waals surface area contributed by atoms with Crippen LogP contribution >= 0.6 is 0 Å². The molecule has 1 saturated carbocycles. The van der Waals surface area contributed by atoms with Gasteiger partial charge in [0.2, 0.25) is 11.8 Å². The minimum Gasteiger partial charge on any atom is -0.342 e. The fourth-order valence-electron chi connectivity index (χ4n) is 2.82. The van der Waals surface area contributed by atoms with Crippen LogP contribution in [0.25, 0.3) is 0 Å². The normalized spacial score (nSPS) is 27.4. The fourth-order valence-corrected chi connectivity index (χ4v) is 2.82. The molecule has 20 heavy (non-hydrogen) atoms. The molecule has 1 aliphatic heterocycles. The Labute approximate surface area is 117 Å². The summed E-state index contributed by atoms with van der Waals surface area (Å²) in [6.07, 6.45) is 4.14. The third kappa shape index (κ3) is 2.28. The first-order valence-corrected chi connectivity index (χ1v) is 6.94. The van der Waals surface area contributed by atoms with E-state index < -0.39 is 5.54 Å². The van der Waals surface area contributed by atoms with Gasteiger partial charge in [-0.15, -0.1) is 5.10 Å². The van der Waals surface area contributed by atoms with Crippen LogP contribution in [0, 0.1) is 5.92 Å². The molecule has 0 bridgehead atoms. The van der Waals surface area contributed by atoms with Gasteiger partial charge in [-0.3, -0.25) is 14.3 Å². The van der Waals surface area contributed by atoms with Gasteiger partial charge in [-0.2, -0.15) is 0 Å². The lowest BCUT2D eigenvalue weighted by molar-refractivity contribution is -0.139. The van der Waals surface area contributed by atoms with Crippen molar-refractivity contribution in [3.63, 3.8) is 0 Å². The Morgan fingerprint density at radius 1 is 1.45 bits per heavy atom. The van der Waals surface area contributed by atoms with E-state index in [1.807, 2.05) is 6.92 Å². The van der Waals surface area contributed by atoms with E-state index in [0.717, 1.165) is 18.5 Å². The fraction of sp³-hybridized carbons (Fsp3) is 0.692. The Bertz CT molecular complexity index is 551. The third-order valence-electron chi connectivity index (χ3n) is 4.14. The van der Waals surface area contributed by atoms with Crippen LogP contribution in [0.4, 0.5) is 0 Å². The van der Waals surface area contributed by atoms with Crippen molar-refractivity contribution in [1.29, 1.82) is 0 Å². The van der Waals surface area contributed by atoms with Crippen molar-refractivity contribution < 1.29 is 9.59 Å². The number of hydrogen-bond acceptors (Lipinski definition) is 4. The molecule has 2 aliphatic rings. The van der Waals surface area contributed by atoms with Gasteiger partial charge in [-0.25, -0.2) is 0 Å². The molecule has 1 saturated heterocycles. The SMILES string of the molecule is Cn1cc(CN2CCC(=O)NC(C)(C3CC3)C2=O)nn1. The monoisotopic (exact) mass is 277 g/mol. The number of amides is 2. The summed E-state index contributed by atoms with van der Waals surface area (Å²) in [5, 5.41) is 10.8. The molecule has 7 heteroatoms. The van der Waals surface area contributed by atoms with Gasteiger partial charge in [-0.05, 0) is 25.7 Å². The second kappa shape index (κ2) is 4.57. The Morgan fingerprint density at radius 2 is 2.20 bits per heavy atom. The third-order valence-corrected chi connectivity index (χ3v) is 4.14. The maximum absolute atomic E-state index is 12.8. The molecule has 0 spiro atoms. The van der Waals surface area contributed by atoms with Crippen LogP contribution in [0.5, 0.6) is 0 Å². The maximum Gasteiger partial charge on any atom is 0.248 e. The number of nitrogens with zero attached hydrogens (tertiary/aromatic N) is 4. The van der Waals surface area contributed by atoms with Crippen LogP contribution in [0.1, 0.15) is 31.9 Å². The highest BCUT2D eigenvalue weighted by atomic mass is 16.2. The number of carbonyl (C=O) groups is 2. The second-order valence-electron chi connectivity index (χ2n) is 5.89. The molecule has 3 rings (SSSR count). The number of aromatic nitrogens is 3. The lowest BCUT2D eigenvalue weighted by Gasteiger charge is -2.31. The quantitative estimate of drug-likeness (QED) is 0.832. The predicted molar refractivity (Wildman–Crippen MR) is 70.3 cm³/mol. The number of hydrogen-bond donors (Lipinski definition) is 1. The Balaban J connectivity index is 1.82. The topological polar surface area (TPSA) is 80.1 Å². The van der Waals surface area contributed by atoms with Gasteiger partial charge in [0, 0.05) is 26.2 Å². The van der Waals surface area contributed by atoms with Gasteiger partial charge in [0.05, 0.1) is 6.54 Å². The van der Waals surface area contributed by atoms with Gasteiger partial charge in [0.25, 0.3) is 0 Å². The number of aryl methyl sites for hydroxylation is 1. The summed E-state index contributed by atoms with van der Waals surface area (Å²) in [5.74, 6) is 0.215. The molecule has 108 valence electrons. The summed E-state index contributed by atoms with van der Waals surface area (Å²) in [7, 11) is 1.79. The number of carbonyl (C=O) groups excluding carboxylic acids is 2. The van der Waals surface area contributed by atoms with Crippen molar-refractivity contribution in [3.8, 4) is 0 Å². The Kier molecular flexibility index (Phi) is 2.99. The van der Waals surface area contributed by atoms with Gasteiger partial charge < -0.3 is 10.2 Å². The first kappa shape index (κ1) is 13.1. The van der Waals surface area contributed by atoms with Crippen molar-refractivity contribution in [2.24, 2.45) is 13.0 Å². The second-order valence-corrected chi connectivity index (χ2v) is 5.89. The zero-order valence-corrected chi connectivity index (χ0v) is 11.8. The van der Waals surface area contributed by atoms with Crippen molar-refractivity contribution in [1.82, 2.24) is 25.2 Å². The van der Waals surface area contributed by atoms with Crippen molar-refractivity contribution in [2.75, 3.05) is 6.54 Å². The molecule has 2 fully saturated rings. The molecule has 1 atom stereocenters. The minimum absolute atomic E-state index is 0.00324. The van der Waals surface area contributed by atoms with Crippen molar-refractivity contribution in [3.05, 3.63) is 11.9 Å². The highest BCUT2D eigenvalue weighted by Crippen LogP contribution is 2.41. The molecule has 2 amide bonds. The van der Waals surface area contributed by atoms with Gasteiger partial charge in [0.15, 0.2) is 0 Å². The van der Waals surface area contributed by atoms with Crippen LogP contribution in [-0.2, 0) is 23.2 Å². The molecule has 0 radical (unpaired) electrons. The molecule has 1 N–H and O–H groups in total. The predicted octanol–water partition coefficient (Wildman–Crippen LogP) is -0.168. The summed E-state index contributed by atoms with van der Waals surface area (Å²) in [5.41, 5.74) is -0.0103. The van der Waals surface area contributed by atoms with Crippen LogP contribution in [-0.4, -0.2) is 43.8 Å². The van der Waals surface area contributed by atoms with E-state index in [0.29, 0.717) is 19.5 Å². The number of rotatable bonds is 3. The molecular weight excluding hydrogens is 258 g/mol. The lowest BCUT2D eigenvalue weighted by Crippen LogP contribution is -2.56. The molecule has 1 aromatic rings. The van der Waals surface area contributed by atoms with Gasteiger partial charge >= 0.3 is 0 Å². The largest absolute Gasteiger partial charge is 0.342 e. The average molecular weight is 277 g/mol. The summed E-state index contributed by atoms with van der Waals surface area (Å²) in [4.78, 5) is 26.3. The number of nitrogens with one attached hydrogen (secondary N) is 1. The molecule has 1 aromatic heterocycles. The Hall–Kier alpha value is -1.92. The van der Waals surface area contributed by atoms with E-state index in [2.05, 4.69) is 15.6 Å². The smallest absolute Gasteiger partial charge is 0.248 e. The van der Waals surface area contributed by atoms with Crippen LogP contribution in [0.15, 0.2) is 6.20 Å². The molecule has 0 aromatic carbocycles. The van der Waals surface area contributed by atoms with Crippen LogP contribution in [0.2, 0.25) is 0 Å². The molecular formula is C13H19N5O2. The molecule has 1 unspecified atom stereocenters. The van der Waals surface area contributed by atoms with E-state index in [9.17, 15) is 9.59 Å². The minimum atomic E-state index is -0.754.